The van der Waals surface area contributed by atoms with Gasteiger partial charge in [0.25, 0.3) is 0 Å². The van der Waals surface area contributed by atoms with Crippen LogP contribution in [0.1, 0.15) is 0 Å². The van der Waals surface area contributed by atoms with E-state index in [0.717, 1.165) is 10.4 Å². The molecule has 104 valence electrons. The van der Waals surface area contributed by atoms with E-state index in [4.69, 9.17) is 0 Å². The molecule has 1 nitrogen and oxygen atoms in total. The van der Waals surface area contributed by atoms with Gasteiger partial charge in [-0.3, -0.25) is 0 Å². The highest BCUT2D eigenvalue weighted by Gasteiger charge is 2.37. The van der Waals surface area contributed by atoms with E-state index in [1.165, 1.54) is 15.6 Å². The van der Waals surface area contributed by atoms with Crippen LogP contribution in [0.3, 0.4) is 0 Å². The molecule has 0 aromatic heterocycles. The van der Waals surface area contributed by atoms with Crippen LogP contribution in [0.15, 0.2) is 91.0 Å². The van der Waals surface area contributed by atoms with Crippen molar-refractivity contribution in [1.82, 2.24) is 4.65 Å². The molecular weight excluding hydrogens is 286 g/mol. The van der Waals surface area contributed by atoms with Crippen LogP contribution in [0.25, 0.3) is 0 Å². The summed E-state index contributed by atoms with van der Waals surface area (Å²) in [6.45, 7) is 0. The lowest BCUT2D eigenvalue weighted by atomic mass is 10.3. The Hall–Kier alpha value is -1.95. The lowest BCUT2D eigenvalue weighted by molar-refractivity contribution is 1.50. The van der Waals surface area contributed by atoms with E-state index >= 15 is 0 Å². The first-order chi connectivity index (χ1) is 10.4. The summed E-state index contributed by atoms with van der Waals surface area (Å²) in [6.07, 6.45) is 0. The Balaban J connectivity index is 2.29. The topological polar surface area (TPSA) is 12.0 Å². The minimum absolute atomic E-state index is 0.962. The second-order valence-corrected chi connectivity index (χ2v) is 10.3. The molecule has 0 unspecified atom stereocenters. The van der Waals surface area contributed by atoms with Gasteiger partial charge in [0.15, 0.2) is 0 Å². The van der Waals surface area contributed by atoms with Gasteiger partial charge >= 0.3 is 0 Å². The zero-order valence-corrected chi connectivity index (χ0v) is 15.2. The predicted molar refractivity (Wildman–Crippen MR) is 97.1 cm³/mol. The normalized spacial score (nSPS) is 11.4. The third-order valence-electron chi connectivity index (χ3n) is 4.00. The van der Waals surface area contributed by atoms with E-state index in [1.807, 2.05) is 0 Å². The predicted octanol–water partition coefficient (Wildman–Crippen LogP) is 0.523. The Bertz CT molecular complexity index is 588. The summed E-state index contributed by atoms with van der Waals surface area (Å²) in [6, 6.07) is 32.7. The van der Waals surface area contributed by atoms with Gasteiger partial charge in [0.1, 0.15) is 0 Å². The molecule has 0 aliphatic rings. The van der Waals surface area contributed by atoms with Gasteiger partial charge in [-0.05, 0) is 15.6 Å². The van der Waals surface area contributed by atoms with Gasteiger partial charge in [0, 0.05) is 0 Å². The minimum Gasteiger partial charge on any atom is -0.356 e. The van der Waals surface area contributed by atoms with E-state index in [2.05, 4.69) is 95.6 Å². The Labute approximate surface area is 130 Å². The quantitative estimate of drug-likeness (QED) is 0.547. The average Bonchev–Trinajstić information content (AvgIpc) is 2.59. The number of nitrogens with one attached hydrogen (secondary N) is 1. The maximum atomic E-state index is 3.84. The summed E-state index contributed by atoms with van der Waals surface area (Å²) in [4.78, 5) is 0. The molecule has 0 saturated carbocycles. The fraction of sp³-hybridized carbons (Fsp3) is 0. The van der Waals surface area contributed by atoms with Crippen molar-refractivity contribution in [2.75, 3.05) is 0 Å². The van der Waals surface area contributed by atoms with Crippen molar-refractivity contribution < 1.29 is 0 Å². The summed E-state index contributed by atoms with van der Waals surface area (Å²) in [7, 11) is -1.12. The molecule has 0 aliphatic heterocycles. The summed E-state index contributed by atoms with van der Waals surface area (Å²) in [5.41, 5.74) is 0. The van der Waals surface area contributed by atoms with Crippen LogP contribution in [0.2, 0.25) is 0 Å². The van der Waals surface area contributed by atoms with E-state index < -0.39 is 8.24 Å². The van der Waals surface area contributed by atoms with Crippen molar-refractivity contribution in [1.29, 1.82) is 0 Å². The molecule has 0 atom stereocenters. The largest absolute Gasteiger partial charge is 0.356 e. The smallest absolute Gasteiger partial charge is 0.215 e. The third kappa shape index (κ3) is 2.51. The van der Waals surface area contributed by atoms with Gasteiger partial charge in [0.05, 0.1) is 10.4 Å². The second kappa shape index (κ2) is 6.22. The number of hydrogen-bond donors (Lipinski definition) is 1. The first-order valence-electron chi connectivity index (χ1n) is 7.23. The van der Waals surface area contributed by atoms with E-state index in [-0.39, 0.29) is 0 Å². The molecular formula is C18H19NSi2. The summed E-state index contributed by atoms with van der Waals surface area (Å²) in [5.74, 6) is 0. The number of rotatable bonds is 4. The van der Waals surface area contributed by atoms with E-state index in [1.54, 1.807) is 0 Å². The van der Waals surface area contributed by atoms with Crippen molar-refractivity contribution in [3.63, 3.8) is 0 Å². The van der Waals surface area contributed by atoms with Crippen LogP contribution in [-0.4, -0.2) is 18.6 Å². The number of benzene rings is 3. The lowest BCUT2D eigenvalue weighted by Crippen LogP contribution is -2.75. The van der Waals surface area contributed by atoms with Crippen LogP contribution >= 0.6 is 0 Å². The molecule has 0 saturated heterocycles. The van der Waals surface area contributed by atoms with Gasteiger partial charge in [-0.2, -0.15) is 0 Å². The van der Waals surface area contributed by atoms with Crippen molar-refractivity contribution in [2.24, 2.45) is 0 Å². The van der Waals surface area contributed by atoms with Crippen molar-refractivity contribution in [2.45, 2.75) is 0 Å². The molecule has 0 aliphatic carbocycles. The molecule has 21 heavy (non-hydrogen) atoms. The molecule has 3 rings (SSSR count). The van der Waals surface area contributed by atoms with Crippen LogP contribution in [-0.2, 0) is 0 Å². The fourth-order valence-electron chi connectivity index (χ4n) is 3.00. The van der Waals surface area contributed by atoms with Crippen LogP contribution in [0.4, 0.5) is 0 Å². The molecule has 1 N–H and O–H groups in total. The fourth-order valence-corrected chi connectivity index (χ4v) is 9.54. The average molecular weight is 306 g/mol. The molecule has 3 aromatic rings. The van der Waals surface area contributed by atoms with E-state index in [0.29, 0.717) is 0 Å². The molecule has 0 heterocycles. The zero-order chi connectivity index (χ0) is 14.5. The number of hydrogen-bond acceptors (Lipinski definition) is 1. The van der Waals surface area contributed by atoms with Gasteiger partial charge < -0.3 is 4.65 Å². The Morgan fingerprint density at radius 1 is 0.524 bits per heavy atom. The maximum absolute atomic E-state index is 3.84. The van der Waals surface area contributed by atoms with Crippen molar-refractivity contribution in [3.05, 3.63) is 91.0 Å². The highest BCUT2D eigenvalue weighted by Crippen LogP contribution is 2.03. The van der Waals surface area contributed by atoms with Gasteiger partial charge in [0.2, 0.25) is 8.24 Å². The van der Waals surface area contributed by atoms with Crippen molar-refractivity contribution in [3.8, 4) is 0 Å². The summed E-state index contributed by atoms with van der Waals surface area (Å²) < 4.78 is 3.84. The monoisotopic (exact) mass is 305 g/mol. The molecule has 3 aromatic carbocycles. The third-order valence-corrected chi connectivity index (χ3v) is 10.6. The van der Waals surface area contributed by atoms with Gasteiger partial charge in [-0.25, -0.2) is 0 Å². The summed E-state index contributed by atoms with van der Waals surface area (Å²) in [5, 5.41) is 4.24. The van der Waals surface area contributed by atoms with E-state index in [9.17, 15) is 0 Å². The molecule has 3 heteroatoms. The zero-order valence-electron chi connectivity index (χ0n) is 12.2. The van der Waals surface area contributed by atoms with Crippen LogP contribution in [0, 0.1) is 0 Å². The van der Waals surface area contributed by atoms with Crippen LogP contribution < -0.4 is 20.2 Å². The Morgan fingerprint density at radius 2 is 0.810 bits per heavy atom. The molecule has 0 amide bonds. The Kier molecular flexibility index (Phi) is 4.15. The van der Waals surface area contributed by atoms with Gasteiger partial charge in [-0.15, -0.1) is 0 Å². The molecule has 0 bridgehead atoms. The second-order valence-electron chi connectivity index (χ2n) is 5.10. The lowest BCUT2D eigenvalue weighted by Gasteiger charge is -2.33. The summed E-state index contributed by atoms with van der Waals surface area (Å²) >= 11 is 0. The highest BCUT2D eigenvalue weighted by molar-refractivity contribution is 7.11. The first-order valence-corrected chi connectivity index (χ1v) is 10.2. The van der Waals surface area contributed by atoms with Crippen LogP contribution in [0.5, 0.6) is 0 Å². The molecule has 0 radical (unpaired) electrons. The molecule has 0 fully saturated rings. The molecule has 0 spiro atoms. The highest BCUT2D eigenvalue weighted by atomic mass is 28.4. The van der Waals surface area contributed by atoms with Gasteiger partial charge in [-0.1, -0.05) is 91.0 Å². The standard InChI is InChI=1S/C18H19NSi2/c20-19-21(16-10-4-1-5-11-16,17-12-6-2-7-13-17)18-14-8-3-9-15-18/h1-15,19H,20H3. The maximum Gasteiger partial charge on any atom is 0.215 e. The van der Waals surface area contributed by atoms with Crippen molar-refractivity contribution >= 4 is 34.2 Å². The first kappa shape index (κ1) is 14.0. The SMILES string of the molecule is [SiH3]N[Si](c1ccccc1)(c1ccccc1)c1ccccc1. The minimum atomic E-state index is -2.09. The Morgan fingerprint density at radius 3 is 1.05 bits per heavy atom.